The zero-order chi connectivity index (χ0) is 19.7. The Hall–Kier alpha value is -2.90. The molecule has 3 aromatic rings. The largest absolute Gasteiger partial charge is 0.295 e. The summed E-state index contributed by atoms with van der Waals surface area (Å²) in [5.74, 6) is -0.176. The summed E-state index contributed by atoms with van der Waals surface area (Å²) in [5.41, 5.74) is 2.71. The summed E-state index contributed by atoms with van der Waals surface area (Å²) >= 11 is 6.62. The Morgan fingerprint density at radius 3 is 2.36 bits per heavy atom. The molecule has 5 nitrogen and oxygen atoms in total. The molecule has 0 bridgehead atoms. The maximum atomic E-state index is 12.9. The van der Waals surface area contributed by atoms with Gasteiger partial charge in [-0.25, -0.2) is 4.68 Å². The van der Waals surface area contributed by atoms with Gasteiger partial charge in [0.15, 0.2) is 0 Å². The lowest BCUT2D eigenvalue weighted by molar-refractivity contribution is -0.122. The third-order valence-corrected chi connectivity index (χ3v) is 5.84. The van der Waals surface area contributed by atoms with Crippen molar-refractivity contribution >= 4 is 40.3 Å². The average molecular weight is 408 g/mol. The molecule has 0 saturated carbocycles. The molecule has 1 amide bonds. The number of aryl methyl sites for hydroxylation is 1. The molecule has 1 aliphatic heterocycles. The first kappa shape index (κ1) is 18.5. The summed E-state index contributed by atoms with van der Waals surface area (Å²) in [6, 6.07) is 19.0. The number of nitrogens with one attached hydrogen (secondary N) is 1. The van der Waals surface area contributed by atoms with E-state index in [0.29, 0.717) is 27.0 Å². The zero-order valence-electron chi connectivity index (χ0n) is 15.1. The Kier molecular flexibility index (Phi) is 5.02. The molecule has 1 aliphatic rings. The summed E-state index contributed by atoms with van der Waals surface area (Å²) in [4.78, 5) is 27.7. The molecule has 7 heteroatoms. The monoisotopic (exact) mass is 407 g/mol. The SMILES string of the molecule is Cc1[nH]n(-c2ccccc2)c(=O)c1/C=C1\SC(=S)N(Cc2ccccc2)C1=O. The number of thiocarbonyl (C=S) groups is 1. The lowest BCUT2D eigenvalue weighted by Gasteiger charge is -2.14. The van der Waals surface area contributed by atoms with Gasteiger partial charge in [0.1, 0.15) is 4.32 Å². The minimum atomic E-state index is -0.197. The lowest BCUT2D eigenvalue weighted by atomic mass is 10.2. The fourth-order valence-corrected chi connectivity index (χ4v) is 4.26. The van der Waals surface area contributed by atoms with E-state index in [9.17, 15) is 9.59 Å². The first-order valence-electron chi connectivity index (χ1n) is 8.71. The molecule has 1 saturated heterocycles. The van der Waals surface area contributed by atoms with Gasteiger partial charge < -0.3 is 0 Å². The number of para-hydroxylation sites is 1. The van der Waals surface area contributed by atoms with Crippen molar-refractivity contribution in [1.82, 2.24) is 14.7 Å². The van der Waals surface area contributed by atoms with E-state index in [1.807, 2.05) is 67.6 Å². The van der Waals surface area contributed by atoms with Crippen LogP contribution in [-0.4, -0.2) is 24.9 Å². The molecule has 0 unspecified atom stereocenters. The molecule has 28 heavy (non-hydrogen) atoms. The second-order valence-electron chi connectivity index (χ2n) is 6.38. The highest BCUT2D eigenvalue weighted by atomic mass is 32.2. The van der Waals surface area contributed by atoms with E-state index in [2.05, 4.69) is 5.10 Å². The van der Waals surface area contributed by atoms with E-state index in [1.54, 1.807) is 11.0 Å². The van der Waals surface area contributed by atoms with Crippen molar-refractivity contribution in [1.29, 1.82) is 0 Å². The van der Waals surface area contributed by atoms with Crippen molar-refractivity contribution in [2.45, 2.75) is 13.5 Å². The molecule has 140 valence electrons. The molecule has 2 heterocycles. The number of H-pyrrole nitrogens is 1. The van der Waals surface area contributed by atoms with Gasteiger partial charge in [-0.15, -0.1) is 0 Å². The van der Waals surface area contributed by atoms with Gasteiger partial charge in [-0.3, -0.25) is 19.6 Å². The van der Waals surface area contributed by atoms with Crippen LogP contribution >= 0.6 is 24.0 Å². The normalized spacial score (nSPS) is 15.6. The highest BCUT2D eigenvalue weighted by molar-refractivity contribution is 8.26. The molecular formula is C21H17N3O2S2. The molecule has 0 aliphatic carbocycles. The number of nitrogens with zero attached hydrogens (tertiary/aromatic N) is 2. The van der Waals surface area contributed by atoms with Crippen LogP contribution in [0.5, 0.6) is 0 Å². The lowest BCUT2D eigenvalue weighted by Crippen LogP contribution is -2.27. The molecule has 0 atom stereocenters. The number of aromatic amines is 1. The number of rotatable bonds is 4. The van der Waals surface area contributed by atoms with Crippen LogP contribution < -0.4 is 5.56 Å². The number of thioether (sulfide) groups is 1. The highest BCUT2D eigenvalue weighted by Gasteiger charge is 2.32. The van der Waals surface area contributed by atoms with Gasteiger partial charge in [-0.2, -0.15) is 0 Å². The third-order valence-electron chi connectivity index (χ3n) is 4.46. The molecule has 0 spiro atoms. The topological polar surface area (TPSA) is 58.1 Å². The van der Waals surface area contributed by atoms with Crippen LogP contribution in [0.3, 0.4) is 0 Å². The predicted octanol–water partition coefficient (Wildman–Crippen LogP) is 3.88. The Labute approximate surface area is 171 Å². The Morgan fingerprint density at radius 2 is 1.68 bits per heavy atom. The van der Waals surface area contributed by atoms with Gasteiger partial charge in [0, 0.05) is 5.69 Å². The second-order valence-corrected chi connectivity index (χ2v) is 8.06. The molecule has 2 aromatic carbocycles. The van der Waals surface area contributed by atoms with Gasteiger partial charge in [-0.05, 0) is 30.7 Å². The number of hydrogen-bond acceptors (Lipinski definition) is 4. The molecule has 0 radical (unpaired) electrons. The Bertz CT molecular complexity index is 1130. The van der Waals surface area contributed by atoms with Crippen LogP contribution in [0.4, 0.5) is 0 Å². The minimum Gasteiger partial charge on any atom is -0.295 e. The van der Waals surface area contributed by atoms with Crippen molar-refractivity contribution in [3.8, 4) is 5.69 Å². The van der Waals surface area contributed by atoms with Gasteiger partial charge in [0.25, 0.3) is 11.5 Å². The molecule has 1 fully saturated rings. The van der Waals surface area contributed by atoms with Crippen LogP contribution in [0.1, 0.15) is 16.8 Å². The maximum Gasteiger partial charge on any atom is 0.278 e. The van der Waals surface area contributed by atoms with Gasteiger partial charge in [0.2, 0.25) is 0 Å². The van der Waals surface area contributed by atoms with Gasteiger partial charge in [-0.1, -0.05) is 72.5 Å². The van der Waals surface area contributed by atoms with Gasteiger partial charge in [0.05, 0.1) is 22.7 Å². The fourth-order valence-electron chi connectivity index (χ4n) is 3.02. The minimum absolute atomic E-state index is 0.176. The smallest absolute Gasteiger partial charge is 0.278 e. The number of hydrogen-bond donors (Lipinski definition) is 1. The van der Waals surface area contributed by atoms with Crippen molar-refractivity contribution in [2.24, 2.45) is 0 Å². The highest BCUT2D eigenvalue weighted by Crippen LogP contribution is 2.33. The third kappa shape index (κ3) is 3.46. The maximum absolute atomic E-state index is 12.9. The van der Waals surface area contributed by atoms with Crippen molar-refractivity contribution in [3.05, 3.63) is 92.7 Å². The average Bonchev–Trinajstić information content (AvgIpc) is 3.14. The Morgan fingerprint density at radius 1 is 1.04 bits per heavy atom. The van der Waals surface area contributed by atoms with E-state index in [1.165, 1.54) is 16.4 Å². The van der Waals surface area contributed by atoms with E-state index in [4.69, 9.17) is 12.2 Å². The molecule has 1 aromatic heterocycles. The quantitative estimate of drug-likeness (QED) is 0.527. The number of carbonyl (C=O) groups is 1. The summed E-state index contributed by atoms with van der Waals surface area (Å²) in [6.07, 6.45) is 1.64. The fraction of sp³-hybridized carbons (Fsp3) is 0.0952. The van der Waals surface area contributed by atoms with Crippen molar-refractivity contribution < 1.29 is 4.79 Å². The number of carbonyl (C=O) groups excluding carboxylic acids is 1. The van der Waals surface area contributed by atoms with Crippen LogP contribution in [0.2, 0.25) is 0 Å². The van der Waals surface area contributed by atoms with E-state index in [0.717, 1.165) is 11.3 Å². The van der Waals surface area contributed by atoms with Crippen molar-refractivity contribution in [2.75, 3.05) is 0 Å². The molecule has 1 N–H and O–H groups in total. The summed E-state index contributed by atoms with van der Waals surface area (Å²) in [6.45, 7) is 2.24. The first-order chi connectivity index (χ1) is 13.5. The van der Waals surface area contributed by atoms with Crippen LogP contribution in [-0.2, 0) is 11.3 Å². The van der Waals surface area contributed by atoms with Crippen molar-refractivity contribution in [3.63, 3.8) is 0 Å². The predicted molar refractivity (Wildman–Crippen MR) is 116 cm³/mol. The van der Waals surface area contributed by atoms with E-state index < -0.39 is 0 Å². The van der Waals surface area contributed by atoms with E-state index in [-0.39, 0.29) is 11.5 Å². The Balaban J connectivity index is 1.65. The first-order valence-corrected chi connectivity index (χ1v) is 9.93. The summed E-state index contributed by atoms with van der Waals surface area (Å²) < 4.78 is 1.97. The van der Waals surface area contributed by atoms with Gasteiger partial charge >= 0.3 is 0 Å². The van der Waals surface area contributed by atoms with E-state index >= 15 is 0 Å². The summed E-state index contributed by atoms with van der Waals surface area (Å²) in [7, 11) is 0. The molecular weight excluding hydrogens is 390 g/mol. The zero-order valence-corrected chi connectivity index (χ0v) is 16.7. The second kappa shape index (κ2) is 7.61. The molecule has 4 rings (SSSR count). The van der Waals surface area contributed by atoms with Crippen LogP contribution in [0.25, 0.3) is 11.8 Å². The summed E-state index contributed by atoms with van der Waals surface area (Å²) in [5, 5.41) is 3.07. The van der Waals surface area contributed by atoms with Crippen LogP contribution in [0, 0.1) is 6.92 Å². The number of benzene rings is 2. The number of amides is 1. The number of aromatic nitrogens is 2. The standard InChI is InChI=1S/C21H17N3O2S2/c1-14-17(19(25)24(22-14)16-10-6-3-7-11-16)12-18-20(26)23(21(27)28-18)13-15-8-4-2-5-9-15/h2-12,22H,13H2,1H3/b18-12-. The van der Waals surface area contributed by atoms with Crippen LogP contribution in [0.15, 0.2) is 70.4 Å².